The van der Waals surface area contributed by atoms with E-state index in [-0.39, 0.29) is 0 Å². The van der Waals surface area contributed by atoms with Crippen LogP contribution in [0.2, 0.25) is 10.0 Å². The summed E-state index contributed by atoms with van der Waals surface area (Å²) >= 11 is 17.2. The first kappa shape index (κ1) is 17.7. The molecule has 2 N–H and O–H groups in total. The molecule has 2 aromatic carbocycles. The summed E-state index contributed by atoms with van der Waals surface area (Å²) in [6.45, 7) is 0.532. The second kappa shape index (κ2) is 8.24. The number of rotatable bonds is 5. The number of halogens is 2. The molecule has 0 spiro atoms. The molecule has 7 heteroatoms. The number of nitrogens with one attached hydrogen (secondary N) is 2. The molecule has 0 saturated heterocycles. The maximum Gasteiger partial charge on any atom is 0.171 e. The average Bonchev–Trinajstić information content (AvgIpc) is 2.55. The molecule has 2 aromatic rings. The molecule has 0 aromatic heterocycles. The monoisotopic (exact) mass is 370 g/mol. The van der Waals surface area contributed by atoms with Crippen molar-refractivity contribution in [3.63, 3.8) is 0 Å². The minimum Gasteiger partial charge on any atom is -0.497 e. The highest BCUT2D eigenvalue weighted by Crippen LogP contribution is 2.26. The Morgan fingerprint density at radius 3 is 2.22 bits per heavy atom. The highest BCUT2D eigenvalue weighted by molar-refractivity contribution is 7.80. The Labute approximate surface area is 150 Å². The fourth-order valence-electron chi connectivity index (χ4n) is 1.89. The largest absolute Gasteiger partial charge is 0.497 e. The number of thiocarbonyl (C=S) groups is 1. The molecule has 0 aliphatic heterocycles. The minimum absolute atomic E-state index is 0.478. The third kappa shape index (κ3) is 5.16. The van der Waals surface area contributed by atoms with Gasteiger partial charge in [0.15, 0.2) is 5.11 Å². The highest BCUT2D eigenvalue weighted by Gasteiger charge is 2.05. The first-order valence-electron chi connectivity index (χ1n) is 6.73. The first-order valence-corrected chi connectivity index (χ1v) is 7.90. The Kier molecular flexibility index (Phi) is 6.33. The molecule has 0 aliphatic carbocycles. The van der Waals surface area contributed by atoms with Crippen molar-refractivity contribution in [3.8, 4) is 11.5 Å². The summed E-state index contributed by atoms with van der Waals surface area (Å²) < 4.78 is 10.4. The van der Waals surface area contributed by atoms with Crippen molar-refractivity contribution in [1.82, 2.24) is 5.32 Å². The average molecular weight is 371 g/mol. The molecule has 0 amide bonds. The van der Waals surface area contributed by atoms with Crippen molar-refractivity contribution in [1.29, 1.82) is 0 Å². The zero-order valence-electron chi connectivity index (χ0n) is 12.7. The molecular weight excluding hydrogens is 355 g/mol. The molecule has 0 heterocycles. The molecule has 2 rings (SSSR count). The zero-order valence-corrected chi connectivity index (χ0v) is 15.0. The molecule has 0 atom stereocenters. The van der Waals surface area contributed by atoms with Gasteiger partial charge in [-0.1, -0.05) is 29.3 Å². The van der Waals surface area contributed by atoms with Crippen LogP contribution in [0.5, 0.6) is 11.5 Å². The molecule has 4 nitrogen and oxygen atoms in total. The molecule has 0 unspecified atom stereocenters. The second-order valence-electron chi connectivity index (χ2n) is 4.66. The van der Waals surface area contributed by atoms with Crippen LogP contribution < -0.4 is 20.1 Å². The van der Waals surface area contributed by atoms with Crippen molar-refractivity contribution < 1.29 is 9.47 Å². The number of hydrogen-bond acceptors (Lipinski definition) is 3. The third-order valence-corrected chi connectivity index (χ3v) is 4.03. The van der Waals surface area contributed by atoms with Gasteiger partial charge in [0, 0.05) is 30.4 Å². The van der Waals surface area contributed by atoms with Crippen molar-refractivity contribution in [2.45, 2.75) is 6.54 Å². The van der Waals surface area contributed by atoms with Crippen molar-refractivity contribution in [3.05, 3.63) is 52.0 Å². The lowest BCUT2D eigenvalue weighted by atomic mass is 10.2. The van der Waals surface area contributed by atoms with Crippen LogP contribution in [0.15, 0.2) is 36.4 Å². The van der Waals surface area contributed by atoms with E-state index in [4.69, 9.17) is 44.9 Å². The molecule has 23 heavy (non-hydrogen) atoms. The topological polar surface area (TPSA) is 42.5 Å². The van der Waals surface area contributed by atoms with Crippen LogP contribution in [0.1, 0.15) is 5.56 Å². The standard InChI is InChI=1S/C16H16Cl2N2O2S/c1-21-12-6-11(7-13(8-12)22-2)20-16(23)19-9-10-3-4-14(17)15(18)5-10/h3-8H,9H2,1-2H3,(H2,19,20,23). The summed E-state index contributed by atoms with van der Waals surface area (Å²) in [7, 11) is 3.19. The van der Waals surface area contributed by atoms with E-state index in [1.54, 1.807) is 32.4 Å². The van der Waals surface area contributed by atoms with Crippen LogP contribution >= 0.6 is 35.4 Å². The lowest BCUT2D eigenvalue weighted by molar-refractivity contribution is 0.395. The van der Waals surface area contributed by atoms with Gasteiger partial charge in [0.2, 0.25) is 0 Å². The smallest absolute Gasteiger partial charge is 0.171 e. The third-order valence-electron chi connectivity index (χ3n) is 3.05. The van der Waals surface area contributed by atoms with E-state index >= 15 is 0 Å². The van der Waals surface area contributed by atoms with Crippen LogP contribution in [-0.4, -0.2) is 19.3 Å². The fourth-order valence-corrected chi connectivity index (χ4v) is 2.40. The molecule has 122 valence electrons. The van der Waals surface area contributed by atoms with Gasteiger partial charge in [-0.15, -0.1) is 0 Å². The predicted octanol–water partition coefficient (Wildman–Crippen LogP) is 4.50. The van der Waals surface area contributed by atoms with E-state index in [0.717, 1.165) is 11.3 Å². The van der Waals surface area contributed by atoms with E-state index in [1.165, 1.54) is 0 Å². The van der Waals surface area contributed by atoms with Crippen molar-refractivity contribution in [2.75, 3.05) is 19.5 Å². The Morgan fingerprint density at radius 2 is 1.65 bits per heavy atom. The van der Waals surface area contributed by atoms with Crippen LogP contribution in [0.3, 0.4) is 0 Å². The molecule has 0 fully saturated rings. The summed E-state index contributed by atoms with van der Waals surface area (Å²) in [4.78, 5) is 0. The van der Waals surface area contributed by atoms with Crippen LogP contribution in [0.4, 0.5) is 5.69 Å². The van der Waals surface area contributed by atoms with Crippen LogP contribution in [-0.2, 0) is 6.54 Å². The molecule has 0 bridgehead atoms. The maximum absolute atomic E-state index is 5.99. The van der Waals surface area contributed by atoms with Crippen molar-refractivity contribution in [2.24, 2.45) is 0 Å². The molecule has 0 saturated carbocycles. The minimum atomic E-state index is 0.478. The van der Waals surface area contributed by atoms with Gasteiger partial charge < -0.3 is 20.1 Å². The van der Waals surface area contributed by atoms with Gasteiger partial charge in [-0.05, 0) is 29.9 Å². The van der Waals surface area contributed by atoms with Crippen molar-refractivity contribution >= 4 is 46.2 Å². The number of anilines is 1. The molecule has 0 aliphatic rings. The lowest BCUT2D eigenvalue weighted by Gasteiger charge is -2.13. The number of hydrogen-bond donors (Lipinski definition) is 2. The summed E-state index contributed by atoms with van der Waals surface area (Å²) in [5.74, 6) is 1.36. The highest BCUT2D eigenvalue weighted by atomic mass is 35.5. The second-order valence-corrected chi connectivity index (χ2v) is 5.88. The van der Waals surface area contributed by atoms with Crippen LogP contribution in [0, 0.1) is 0 Å². The van der Waals surface area contributed by atoms with Gasteiger partial charge in [0.1, 0.15) is 11.5 Å². The van der Waals surface area contributed by atoms with Gasteiger partial charge in [-0.2, -0.15) is 0 Å². The SMILES string of the molecule is COc1cc(NC(=S)NCc2ccc(Cl)c(Cl)c2)cc(OC)c1. The first-order chi connectivity index (χ1) is 11.0. The van der Waals surface area contributed by atoms with E-state index in [9.17, 15) is 0 Å². The van der Waals surface area contributed by atoms with Crippen LogP contribution in [0.25, 0.3) is 0 Å². The Hall–Kier alpha value is -1.69. The quantitative estimate of drug-likeness (QED) is 0.758. The zero-order chi connectivity index (χ0) is 16.8. The molecular formula is C16H16Cl2N2O2S. The van der Waals surface area contributed by atoms with Gasteiger partial charge in [-0.3, -0.25) is 0 Å². The summed E-state index contributed by atoms with van der Waals surface area (Å²) in [5.41, 5.74) is 1.75. The lowest BCUT2D eigenvalue weighted by Crippen LogP contribution is -2.27. The van der Waals surface area contributed by atoms with Gasteiger partial charge >= 0.3 is 0 Å². The fraction of sp³-hybridized carbons (Fsp3) is 0.188. The number of ether oxygens (including phenoxy) is 2. The summed E-state index contributed by atoms with van der Waals surface area (Å²) in [6.07, 6.45) is 0. The summed E-state index contributed by atoms with van der Waals surface area (Å²) in [6, 6.07) is 10.9. The maximum atomic E-state index is 5.99. The normalized spacial score (nSPS) is 10.1. The summed E-state index contributed by atoms with van der Waals surface area (Å²) in [5, 5.41) is 7.72. The van der Waals surface area contributed by atoms with E-state index in [0.29, 0.717) is 33.2 Å². The Bertz CT molecular complexity index is 688. The molecule has 0 radical (unpaired) electrons. The van der Waals surface area contributed by atoms with Gasteiger partial charge in [0.05, 0.1) is 24.3 Å². The van der Waals surface area contributed by atoms with Gasteiger partial charge in [-0.25, -0.2) is 0 Å². The number of benzene rings is 2. The predicted molar refractivity (Wildman–Crippen MR) is 99.1 cm³/mol. The number of methoxy groups -OCH3 is 2. The Balaban J connectivity index is 1.97. The Morgan fingerprint density at radius 1 is 1.00 bits per heavy atom. The van der Waals surface area contributed by atoms with E-state index in [1.807, 2.05) is 18.2 Å². The van der Waals surface area contributed by atoms with Gasteiger partial charge in [0.25, 0.3) is 0 Å². The van der Waals surface area contributed by atoms with E-state index < -0.39 is 0 Å². The van der Waals surface area contributed by atoms with E-state index in [2.05, 4.69) is 10.6 Å².